The minimum atomic E-state index is 0.0652. The van der Waals surface area contributed by atoms with Gasteiger partial charge in [0.05, 0.1) is 24.4 Å². The molecule has 1 saturated carbocycles. The minimum Gasteiger partial charge on any atom is -0.376 e. The van der Waals surface area contributed by atoms with Crippen LogP contribution in [0.3, 0.4) is 0 Å². The van der Waals surface area contributed by atoms with Crippen LogP contribution in [0.4, 0.5) is 0 Å². The normalized spacial score (nSPS) is 34.6. The molecule has 1 atom stereocenters. The summed E-state index contributed by atoms with van der Waals surface area (Å²) in [5.74, 6) is 0. The Morgan fingerprint density at radius 2 is 1.89 bits per heavy atom. The highest BCUT2D eigenvalue weighted by Gasteiger charge is 2.32. The van der Waals surface area contributed by atoms with Gasteiger partial charge < -0.3 is 14.8 Å². The van der Waals surface area contributed by atoms with Gasteiger partial charge in [-0.25, -0.2) is 0 Å². The molecule has 0 aromatic rings. The van der Waals surface area contributed by atoms with Crippen LogP contribution in [-0.2, 0) is 9.47 Å². The van der Waals surface area contributed by atoms with Crippen molar-refractivity contribution in [1.82, 2.24) is 5.32 Å². The summed E-state index contributed by atoms with van der Waals surface area (Å²) in [6.45, 7) is 8.53. The van der Waals surface area contributed by atoms with Crippen molar-refractivity contribution in [2.75, 3.05) is 13.2 Å². The van der Waals surface area contributed by atoms with Crippen LogP contribution in [0.2, 0.25) is 0 Å². The average molecular weight is 269 g/mol. The fourth-order valence-electron chi connectivity index (χ4n) is 3.22. The number of ether oxygens (including phenoxy) is 2. The zero-order chi connectivity index (χ0) is 13.7. The van der Waals surface area contributed by atoms with Gasteiger partial charge in [-0.05, 0) is 65.3 Å². The third kappa shape index (κ3) is 5.05. The van der Waals surface area contributed by atoms with Crippen molar-refractivity contribution < 1.29 is 9.47 Å². The largest absolute Gasteiger partial charge is 0.376 e. The van der Waals surface area contributed by atoms with Gasteiger partial charge >= 0.3 is 0 Å². The fourth-order valence-corrected chi connectivity index (χ4v) is 3.22. The first-order valence-electron chi connectivity index (χ1n) is 8.12. The molecule has 3 heteroatoms. The Morgan fingerprint density at radius 3 is 2.47 bits per heavy atom. The zero-order valence-electron chi connectivity index (χ0n) is 12.9. The van der Waals surface area contributed by atoms with Gasteiger partial charge in [0.15, 0.2) is 0 Å². The molecule has 1 unspecified atom stereocenters. The molecule has 0 aromatic heterocycles. The predicted octanol–water partition coefficient (Wildman–Crippen LogP) is 3.27. The number of nitrogens with one attached hydrogen (secondary N) is 1. The van der Waals surface area contributed by atoms with Crippen molar-refractivity contribution in [3.63, 3.8) is 0 Å². The molecule has 2 fully saturated rings. The molecular formula is C16H31NO2. The van der Waals surface area contributed by atoms with Crippen molar-refractivity contribution in [2.45, 2.75) is 89.6 Å². The standard InChI is InChI=1S/C16H31NO2/c1-4-11-17-13-5-7-14(8-6-13)18-12-15-9-10-16(2,3)19-15/h13-15,17H,4-12H2,1-3H3. The van der Waals surface area contributed by atoms with Crippen LogP contribution < -0.4 is 5.32 Å². The number of hydrogen-bond acceptors (Lipinski definition) is 3. The van der Waals surface area contributed by atoms with Gasteiger partial charge in [-0.2, -0.15) is 0 Å². The van der Waals surface area contributed by atoms with Crippen LogP contribution >= 0.6 is 0 Å². The third-order valence-corrected chi connectivity index (χ3v) is 4.43. The summed E-state index contributed by atoms with van der Waals surface area (Å²) in [4.78, 5) is 0. The maximum atomic E-state index is 6.06. The van der Waals surface area contributed by atoms with Crippen molar-refractivity contribution in [2.24, 2.45) is 0 Å². The molecule has 0 spiro atoms. The Kier molecular flexibility index (Phi) is 5.67. The maximum Gasteiger partial charge on any atom is 0.0816 e. The molecule has 0 radical (unpaired) electrons. The van der Waals surface area contributed by atoms with E-state index in [1.807, 2.05) is 0 Å². The van der Waals surface area contributed by atoms with E-state index in [1.165, 1.54) is 32.1 Å². The van der Waals surface area contributed by atoms with Gasteiger partial charge in [-0.15, -0.1) is 0 Å². The molecular weight excluding hydrogens is 238 g/mol. The molecule has 1 heterocycles. The Morgan fingerprint density at radius 1 is 1.16 bits per heavy atom. The molecule has 0 bridgehead atoms. The van der Waals surface area contributed by atoms with E-state index in [0.717, 1.165) is 32.0 Å². The molecule has 2 rings (SSSR count). The summed E-state index contributed by atoms with van der Waals surface area (Å²) in [5.41, 5.74) is 0.0652. The van der Waals surface area contributed by atoms with E-state index in [-0.39, 0.29) is 5.60 Å². The van der Waals surface area contributed by atoms with E-state index in [2.05, 4.69) is 26.1 Å². The van der Waals surface area contributed by atoms with E-state index >= 15 is 0 Å². The summed E-state index contributed by atoms with van der Waals surface area (Å²) in [6.07, 6.45) is 9.27. The van der Waals surface area contributed by atoms with Crippen molar-refractivity contribution in [3.05, 3.63) is 0 Å². The van der Waals surface area contributed by atoms with Gasteiger partial charge in [-0.3, -0.25) is 0 Å². The number of rotatable bonds is 6. The highest BCUT2D eigenvalue weighted by Crippen LogP contribution is 2.30. The molecule has 0 aromatic carbocycles. The van der Waals surface area contributed by atoms with Crippen LogP contribution in [0.25, 0.3) is 0 Å². The molecule has 2 aliphatic rings. The smallest absolute Gasteiger partial charge is 0.0816 e. The first kappa shape index (κ1) is 15.3. The molecule has 19 heavy (non-hydrogen) atoms. The van der Waals surface area contributed by atoms with Crippen LogP contribution in [0.1, 0.15) is 65.7 Å². The minimum absolute atomic E-state index is 0.0652. The van der Waals surface area contributed by atoms with E-state index < -0.39 is 0 Å². The van der Waals surface area contributed by atoms with Crippen LogP contribution in [0, 0.1) is 0 Å². The Hall–Kier alpha value is -0.120. The maximum absolute atomic E-state index is 6.06. The summed E-state index contributed by atoms with van der Waals surface area (Å²) >= 11 is 0. The topological polar surface area (TPSA) is 30.5 Å². The Labute approximate surface area is 118 Å². The van der Waals surface area contributed by atoms with E-state index in [4.69, 9.17) is 9.47 Å². The highest BCUT2D eigenvalue weighted by atomic mass is 16.6. The summed E-state index contributed by atoms with van der Waals surface area (Å²) < 4.78 is 12.0. The molecule has 1 aliphatic heterocycles. The third-order valence-electron chi connectivity index (χ3n) is 4.43. The predicted molar refractivity (Wildman–Crippen MR) is 78.5 cm³/mol. The molecule has 3 nitrogen and oxygen atoms in total. The van der Waals surface area contributed by atoms with Crippen molar-refractivity contribution >= 4 is 0 Å². The van der Waals surface area contributed by atoms with E-state index in [9.17, 15) is 0 Å². The first-order valence-corrected chi connectivity index (χ1v) is 8.12. The highest BCUT2D eigenvalue weighted by molar-refractivity contribution is 4.82. The Bertz CT molecular complexity index is 259. The average Bonchev–Trinajstić information content (AvgIpc) is 2.75. The second kappa shape index (κ2) is 7.05. The Balaban J connectivity index is 1.58. The van der Waals surface area contributed by atoms with Gasteiger partial charge in [0.1, 0.15) is 0 Å². The van der Waals surface area contributed by atoms with Crippen molar-refractivity contribution in [3.8, 4) is 0 Å². The van der Waals surface area contributed by atoms with Gasteiger partial charge in [0, 0.05) is 6.04 Å². The lowest BCUT2D eigenvalue weighted by molar-refractivity contribution is -0.0768. The van der Waals surface area contributed by atoms with Gasteiger partial charge in [0.2, 0.25) is 0 Å². The SMILES string of the molecule is CCCNC1CCC(OCC2CCC(C)(C)O2)CC1. The lowest BCUT2D eigenvalue weighted by Gasteiger charge is -2.30. The van der Waals surface area contributed by atoms with Crippen LogP contribution in [0.15, 0.2) is 0 Å². The zero-order valence-corrected chi connectivity index (χ0v) is 12.9. The van der Waals surface area contributed by atoms with Gasteiger partial charge in [0.25, 0.3) is 0 Å². The first-order chi connectivity index (χ1) is 9.09. The molecule has 0 amide bonds. The second-order valence-corrected chi connectivity index (χ2v) is 6.80. The second-order valence-electron chi connectivity index (χ2n) is 6.80. The molecule has 112 valence electrons. The fraction of sp³-hybridized carbons (Fsp3) is 1.00. The summed E-state index contributed by atoms with van der Waals surface area (Å²) in [7, 11) is 0. The van der Waals surface area contributed by atoms with Crippen LogP contribution in [0.5, 0.6) is 0 Å². The monoisotopic (exact) mass is 269 g/mol. The lowest BCUT2D eigenvalue weighted by Crippen LogP contribution is -2.36. The molecule has 1 aliphatic carbocycles. The molecule has 1 saturated heterocycles. The quantitative estimate of drug-likeness (QED) is 0.803. The van der Waals surface area contributed by atoms with Crippen molar-refractivity contribution in [1.29, 1.82) is 0 Å². The molecule has 1 N–H and O–H groups in total. The number of hydrogen-bond donors (Lipinski definition) is 1. The van der Waals surface area contributed by atoms with E-state index in [1.54, 1.807) is 0 Å². The lowest BCUT2D eigenvalue weighted by atomic mass is 9.93. The van der Waals surface area contributed by atoms with E-state index in [0.29, 0.717) is 12.2 Å². The van der Waals surface area contributed by atoms with Crippen LogP contribution in [-0.4, -0.2) is 37.0 Å². The summed E-state index contributed by atoms with van der Waals surface area (Å²) in [6, 6.07) is 0.724. The summed E-state index contributed by atoms with van der Waals surface area (Å²) in [5, 5.41) is 3.62. The van der Waals surface area contributed by atoms with Gasteiger partial charge in [-0.1, -0.05) is 6.92 Å².